The number of alkyl halides is 3. The van der Waals surface area contributed by atoms with Gasteiger partial charge in [0.05, 0.1) is 18.8 Å². The summed E-state index contributed by atoms with van der Waals surface area (Å²) in [6, 6.07) is 7.66. The molecule has 0 saturated carbocycles. The molecule has 184 valence electrons. The highest BCUT2D eigenvalue weighted by molar-refractivity contribution is 5.63. The summed E-state index contributed by atoms with van der Waals surface area (Å²) in [6.45, 7) is 2.95. The molecule has 35 heavy (non-hydrogen) atoms. The standard InChI is InChI=1S/C22H22F3N7O3/c23-22(24,25)15-2-1-5-26-19(15)27-6-7-28-20-29-18(14-3-4-16-17(12-14)35-13-34-16)30-21(31-20)32-8-10-33-11-9-32/h1-5,12H,6-11,13H2,(H,26,27)(H,28,29,30,31). The van der Waals surface area contributed by atoms with Crippen LogP contribution in [0.4, 0.5) is 30.9 Å². The van der Waals surface area contributed by atoms with Gasteiger partial charge in [-0.05, 0) is 30.3 Å². The summed E-state index contributed by atoms with van der Waals surface area (Å²) in [4.78, 5) is 19.5. The van der Waals surface area contributed by atoms with E-state index in [0.717, 1.165) is 11.6 Å². The molecule has 0 amide bonds. The van der Waals surface area contributed by atoms with Crippen LogP contribution in [-0.2, 0) is 10.9 Å². The average molecular weight is 489 g/mol. The van der Waals surface area contributed by atoms with E-state index in [1.165, 1.54) is 12.3 Å². The number of benzene rings is 1. The lowest BCUT2D eigenvalue weighted by Crippen LogP contribution is -2.37. The fourth-order valence-electron chi connectivity index (χ4n) is 3.64. The van der Waals surface area contributed by atoms with Crippen LogP contribution in [-0.4, -0.2) is 66.1 Å². The third kappa shape index (κ3) is 5.29. The van der Waals surface area contributed by atoms with Gasteiger partial charge in [-0.1, -0.05) is 0 Å². The third-order valence-electron chi connectivity index (χ3n) is 5.36. The van der Waals surface area contributed by atoms with Crippen molar-refractivity contribution in [3.05, 3.63) is 42.1 Å². The fraction of sp³-hybridized carbons (Fsp3) is 0.364. The Kier molecular flexibility index (Phi) is 6.40. The Balaban J connectivity index is 1.33. The zero-order valence-corrected chi connectivity index (χ0v) is 18.5. The maximum atomic E-state index is 13.2. The molecule has 1 fully saturated rings. The van der Waals surface area contributed by atoms with E-state index in [1.54, 1.807) is 12.1 Å². The number of hydrogen-bond acceptors (Lipinski definition) is 10. The number of rotatable bonds is 7. The minimum Gasteiger partial charge on any atom is -0.454 e. The van der Waals surface area contributed by atoms with Crippen LogP contribution in [0.3, 0.4) is 0 Å². The lowest BCUT2D eigenvalue weighted by molar-refractivity contribution is -0.137. The van der Waals surface area contributed by atoms with Crippen LogP contribution >= 0.6 is 0 Å². The summed E-state index contributed by atoms with van der Waals surface area (Å²) < 4.78 is 55.8. The van der Waals surface area contributed by atoms with Crippen molar-refractivity contribution in [3.63, 3.8) is 0 Å². The number of nitrogens with zero attached hydrogens (tertiary/aromatic N) is 5. The predicted octanol–water partition coefficient (Wildman–Crippen LogP) is 3.04. The zero-order valence-electron chi connectivity index (χ0n) is 18.5. The molecular formula is C22H22F3N7O3. The Morgan fingerprint density at radius 2 is 1.74 bits per heavy atom. The molecule has 2 aromatic heterocycles. The van der Waals surface area contributed by atoms with Crippen molar-refractivity contribution < 1.29 is 27.4 Å². The highest BCUT2D eigenvalue weighted by Gasteiger charge is 2.34. The first-order valence-electron chi connectivity index (χ1n) is 11.0. The van der Waals surface area contributed by atoms with Crippen molar-refractivity contribution in [2.45, 2.75) is 6.18 Å². The topological polar surface area (TPSA) is 107 Å². The van der Waals surface area contributed by atoms with Crippen LogP contribution in [0.25, 0.3) is 11.4 Å². The molecule has 2 aliphatic rings. The Bertz CT molecular complexity index is 1190. The van der Waals surface area contributed by atoms with Crippen molar-refractivity contribution in [3.8, 4) is 22.9 Å². The third-order valence-corrected chi connectivity index (χ3v) is 5.36. The molecule has 0 unspecified atom stereocenters. The number of fused-ring (bicyclic) bond motifs is 1. The van der Waals surface area contributed by atoms with Crippen LogP contribution in [0.5, 0.6) is 11.5 Å². The quantitative estimate of drug-likeness (QED) is 0.481. The average Bonchev–Trinajstić information content (AvgIpc) is 3.35. The van der Waals surface area contributed by atoms with E-state index < -0.39 is 11.7 Å². The van der Waals surface area contributed by atoms with Gasteiger partial charge in [0.15, 0.2) is 17.3 Å². The van der Waals surface area contributed by atoms with E-state index in [2.05, 4.69) is 30.6 Å². The molecule has 4 heterocycles. The second-order valence-corrected chi connectivity index (χ2v) is 7.70. The van der Waals surface area contributed by atoms with Crippen molar-refractivity contribution in [1.82, 2.24) is 19.9 Å². The van der Waals surface area contributed by atoms with E-state index >= 15 is 0 Å². The number of pyridine rings is 1. The van der Waals surface area contributed by atoms with Gasteiger partial charge >= 0.3 is 6.18 Å². The van der Waals surface area contributed by atoms with Gasteiger partial charge in [-0.15, -0.1) is 0 Å². The molecule has 1 aromatic carbocycles. The normalized spacial score (nSPS) is 15.2. The van der Waals surface area contributed by atoms with Gasteiger partial charge in [0.2, 0.25) is 18.7 Å². The molecule has 0 radical (unpaired) electrons. The fourth-order valence-corrected chi connectivity index (χ4v) is 3.64. The number of halogens is 3. The molecular weight excluding hydrogens is 467 g/mol. The van der Waals surface area contributed by atoms with Gasteiger partial charge in [0.1, 0.15) is 5.82 Å². The van der Waals surface area contributed by atoms with Crippen molar-refractivity contribution in [2.75, 3.05) is 61.7 Å². The molecule has 5 rings (SSSR count). The van der Waals surface area contributed by atoms with E-state index in [9.17, 15) is 13.2 Å². The minimum atomic E-state index is -4.50. The number of hydrogen-bond donors (Lipinski definition) is 2. The Labute approximate surface area is 198 Å². The van der Waals surface area contributed by atoms with E-state index in [4.69, 9.17) is 14.2 Å². The summed E-state index contributed by atoms with van der Waals surface area (Å²) in [5.74, 6) is 2.23. The van der Waals surface area contributed by atoms with E-state index in [0.29, 0.717) is 55.5 Å². The molecule has 2 N–H and O–H groups in total. The van der Waals surface area contributed by atoms with Gasteiger partial charge in [0.25, 0.3) is 0 Å². The van der Waals surface area contributed by atoms with Crippen molar-refractivity contribution >= 4 is 17.7 Å². The maximum absolute atomic E-state index is 13.2. The molecule has 0 atom stereocenters. The summed E-state index contributed by atoms with van der Waals surface area (Å²) in [7, 11) is 0. The van der Waals surface area contributed by atoms with Crippen LogP contribution < -0.4 is 25.0 Å². The number of anilines is 3. The zero-order chi connectivity index (χ0) is 24.3. The van der Waals surface area contributed by atoms with Crippen LogP contribution in [0.2, 0.25) is 0 Å². The molecule has 13 heteroatoms. The molecule has 0 spiro atoms. The number of ether oxygens (including phenoxy) is 3. The van der Waals surface area contributed by atoms with Gasteiger partial charge < -0.3 is 29.7 Å². The molecule has 3 aromatic rings. The van der Waals surface area contributed by atoms with Crippen molar-refractivity contribution in [2.24, 2.45) is 0 Å². The summed E-state index contributed by atoms with van der Waals surface area (Å²) in [5.41, 5.74) is -0.101. The predicted molar refractivity (Wildman–Crippen MR) is 121 cm³/mol. The largest absolute Gasteiger partial charge is 0.454 e. The molecule has 1 saturated heterocycles. The first-order chi connectivity index (χ1) is 17.0. The second kappa shape index (κ2) is 9.78. The summed E-state index contributed by atoms with van der Waals surface area (Å²) in [6.07, 6.45) is -3.19. The van der Waals surface area contributed by atoms with Gasteiger partial charge in [-0.2, -0.15) is 28.1 Å². The maximum Gasteiger partial charge on any atom is 0.419 e. The van der Waals surface area contributed by atoms with Crippen molar-refractivity contribution in [1.29, 1.82) is 0 Å². The molecule has 0 aliphatic carbocycles. The lowest BCUT2D eigenvalue weighted by Gasteiger charge is -2.27. The van der Waals surface area contributed by atoms with Crippen LogP contribution in [0.15, 0.2) is 36.5 Å². The highest BCUT2D eigenvalue weighted by Crippen LogP contribution is 2.36. The molecule has 10 nitrogen and oxygen atoms in total. The minimum absolute atomic E-state index is 0.154. The van der Waals surface area contributed by atoms with Gasteiger partial charge in [-0.25, -0.2) is 4.98 Å². The molecule has 0 bridgehead atoms. The highest BCUT2D eigenvalue weighted by atomic mass is 19.4. The molecule has 2 aliphatic heterocycles. The van der Waals surface area contributed by atoms with E-state index in [1.807, 2.05) is 11.0 Å². The Morgan fingerprint density at radius 1 is 0.943 bits per heavy atom. The first kappa shape index (κ1) is 22.9. The van der Waals surface area contributed by atoms with E-state index in [-0.39, 0.29) is 25.7 Å². The monoisotopic (exact) mass is 489 g/mol. The van der Waals surface area contributed by atoms with Crippen LogP contribution in [0, 0.1) is 0 Å². The van der Waals surface area contributed by atoms with Crippen LogP contribution in [0.1, 0.15) is 5.56 Å². The number of aromatic nitrogens is 4. The second-order valence-electron chi connectivity index (χ2n) is 7.70. The van der Waals surface area contributed by atoms with Gasteiger partial charge in [-0.3, -0.25) is 0 Å². The summed E-state index contributed by atoms with van der Waals surface area (Å²) in [5, 5.41) is 5.79. The summed E-state index contributed by atoms with van der Waals surface area (Å²) >= 11 is 0. The number of nitrogens with one attached hydrogen (secondary N) is 2. The Morgan fingerprint density at radius 3 is 2.57 bits per heavy atom. The lowest BCUT2D eigenvalue weighted by atomic mass is 10.2. The van der Waals surface area contributed by atoms with Gasteiger partial charge in [0, 0.05) is 37.9 Å². The SMILES string of the molecule is FC(F)(F)c1cccnc1NCCNc1nc(-c2ccc3c(c2)OCO3)nc(N2CCOCC2)n1. The number of morpholine rings is 1. The Hall–Kier alpha value is -3.87. The first-order valence-corrected chi connectivity index (χ1v) is 11.0. The smallest absolute Gasteiger partial charge is 0.419 e.